The fourth-order valence-corrected chi connectivity index (χ4v) is 2.49. The molecule has 1 aromatic rings. The summed E-state index contributed by atoms with van der Waals surface area (Å²) < 4.78 is 0. The van der Waals surface area contributed by atoms with Crippen LogP contribution in [0.25, 0.3) is 0 Å². The Bertz CT molecular complexity index is 504. The normalized spacial score (nSPS) is 15.0. The highest BCUT2D eigenvalue weighted by Gasteiger charge is 2.22. The van der Waals surface area contributed by atoms with Crippen molar-refractivity contribution in [1.29, 1.82) is 5.26 Å². The lowest BCUT2D eigenvalue weighted by Crippen LogP contribution is -2.38. The number of carbonyl (C=O) groups excluding carboxylic acids is 1. The standard InChI is InChI=1S/C15H20BN3O.CH4/c1-13-3-2-4-14(11-13)18-15(20)5-8-19-9-6-16(12-17)7-10-19;/h2-4,11H,5-10H2,1H3,(H,18,20);1H4. The van der Waals surface area contributed by atoms with Gasteiger partial charge < -0.3 is 10.2 Å². The van der Waals surface area contributed by atoms with E-state index < -0.39 is 0 Å². The molecule has 0 spiro atoms. The Morgan fingerprint density at radius 3 is 2.76 bits per heavy atom. The Hall–Kier alpha value is -1.80. The van der Waals surface area contributed by atoms with Gasteiger partial charge in [0.2, 0.25) is 5.91 Å². The monoisotopic (exact) mass is 285 g/mol. The number of aryl methyl sites for hydroxylation is 1. The third-order valence-electron chi connectivity index (χ3n) is 3.73. The fraction of sp³-hybridized carbons (Fsp3) is 0.500. The van der Waals surface area contributed by atoms with Crippen molar-refractivity contribution in [2.24, 2.45) is 0 Å². The molecule has 2 rings (SSSR count). The third-order valence-corrected chi connectivity index (χ3v) is 3.73. The maximum absolute atomic E-state index is 11.9. The Labute approximate surface area is 128 Å². The average molecular weight is 285 g/mol. The lowest BCUT2D eigenvalue weighted by molar-refractivity contribution is -0.116. The Morgan fingerprint density at radius 1 is 1.43 bits per heavy atom. The fourth-order valence-electron chi connectivity index (χ4n) is 2.49. The predicted molar refractivity (Wildman–Crippen MR) is 88.6 cm³/mol. The summed E-state index contributed by atoms with van der Waals surface area (Å²) in [5.41, 5.74) is 2.00. The van der Waals surface area contributed by atoms with Crippen LogP contribution in [0.15, 0.2) is 24.3 Å². The summed E-state index contributed by atoms with van der Waals surface area (Å²) in [6.07, 6.45) is 2.36. The number of amides is 1. The van der Waals surface area contributed by atoms with E-state index in [-0.39, 0.29) is 20.0 Å². The van der Waals surface area contributed by atoms with Gasteiger partial charge in [0.25, 0.3) is 6.71 Å². The highest BCUT2D eigenvalue weighted by Crippen LogP contribution is 2.12. The minimum atomic E-state index is 0. The van der Waals surface area contributed by atoms with E-state index in [1.807, 2.05) is 31.2 Å². The molecule has 1 amide bonds. The molecule has 0 aromatic heterocycles. The van der Waals surface area contributed by atoms with Gasteiger partial charge in [0.1, 0.15) is 0 Å². The van der Waals surface area contributed by atoms with Gasteiger partial charge in [-0.1, -0.05) is 19.6 Å². The van der Waals surface area contributed by atoms with Crippen molar-refractivity contribution in [2.45, 2.75) is 33.4 Å². The van der Waals surface area contributed by atoms with Gasteiger partial charge in [-0.25, -0.2) is 5.26 Å². The second kappa shape index (κ2) is 8.48. The van der Waals surface area contributed by atoms with Gasteiger partial charge >= 0.3 is 0 Å². The van der Waals surface area contributed by atoms with Gasteiger partial charge in [0, 0.05) is 24.6 Å². The molecule has 1 saturated heterocycles. The van der Waals surface area contributed by atoms with Gasteiger partial charge in [-0.15, -0.1) is 0 Å². The van der Waals surface area contributed by atoms with Gasteiger partial charge in [-0.2, -0.15) is 0 Å². The molecule has 0 atom stereocenters. The van der Waals surface area contributed by atoms with Gasteiger partial charge in [-0.05, 0) is 50.3 Å². The summed E-state index contributed by atoms with van der Waals surface area (Å²) in [6, 6.07) is 7.83. The van der Waals surface area contributed by atoms with Crippen molar-refractivity contribution >= 4 is 18.3 Å². The molecule has 1 aliphatic heterocycles. The molecule has 1 aliphatic rings. The Morgan fingerprint density at radius 2 is 2.14 bits per heavy atom. The quantitative estimate of drug-likeness (QED) is 0.865. The Kier molecular flexibility index (Phi) is 6.97. The minimum absolute atomic E-state index is 0. The van der Waals surface area contributed by atoms with E-state index in [0.717, 1.165) is 43.5 Å². The number of nitriles is 1. The van der Waals surface area contributed by atoms with Crippen molar-refractivity contribution in [3.05, 3.63) is 29.8 Å². The molecule has 1 heterocycles. The second-order valence-electron chi connectivity index (χ2n) is 5.41. The molecule has 0 aliphatic carbocycles. The molecular formula is C16H24BN3O. The number of rotatable bonds is 4. The number of benzene rings is 1. The lowest BCUT2D eigenvalue weighted by atomic mass is 9.45. The molecule has 4 nitrogen and oxygen atoms in total. The minimum Gasteiger partial charge on any atom is -0.326 e. The van der Waals surface area contributed by atoms with Crippen molar-refractivity contribution in [2.75, 3.05) is 25.0 Å². The SMILES string of the molecule is C.Cc1cccc(NC(=O)CCN2CCB(C#N)CC2)c1. The number of hydrogen-bond donors (Lipinski definition) is 1. The van der Waals surface area contributed by atoms with Crippen LogP contribution in [-0.2, 0) is 4.79 Å². The van der Waals surface area contributed by atoms with E-state index in [1.54, 1.807) is 0 Å². The molecule has 1 fully saturated rings. The summed E-state index contributed by atoms with van der Waals surface area (Å²) in [4.78, 5) is 14.2. The van der Waals surface area contributed by atoms with Crippen LogP contribution in [0.3, 0.4) is 0 Å². The van der Waals surface area contributed by atoms with Gasteiger partial charge in [0.05, 0.1) is 0 Å². The summed E-state index contributed by atoms with van der Waals surface area (Å²) in [5, 5.41) is 11.8. The molecule has 0 radical (unpaired) electrons. The van der Waals surface area contributed by atoms with E-state index in [9.17, 15) is 4.79 Å². The van der Waals surface area contributed by atoms with Gasteiger partial charge in [-0.3, -0.25) is 4.79 Å². The number of hydrogen-bond acceptors (Lipinski definition) is 3. The smallest absolute Gasteiger partial charge is 0.270 e. The Balaban J connectivity index is 0.00000220. The third kappa shape index (κ3) is 5.60. The number of nitrogens with one attached hydrogen (secondary N) is 1. The number of carbonyl (C=O) groups is 1. The first-order valence-corrected chi connectivity index (χ1v) is 7.16. The van der Waals surface area contributed by atoms with Crippen LogP contribution >= 0.6 is 0 Å². The van der Waals surface area contributed by atoms with Crippen molar-refractivity contribution in [3.8, 4) is 5.97 Å². The van der Waals surface area contributed by atoms with E-state index in [2.05, 4.69) is 16.2 Å². The highest BCUT2D eigenvalue weighted by molar-refractivity contribution is 6.67. The van der Waals surface area contributed by atoms with Crippen LogP contribution in [0.4, 0.5) is 5.69 Å². The van der Waals surface area contributed by atoms with E-state index in [0.29, 0.717) is 6.42 Å². The largest absolute Gasteiger partial charge is 0.326 e. The summed E-state index contributed by atoms with van der Waals surface area (Å²) in [7, 11) is 0. The molecule has 0 unspecified atom stereocenters. The summed E-state index contributed by atoms with van der Waals surface area (Å²) >= 11 is 0. The van der Waals surface area contributed by atoms with Crippen LogP contribution in [0.5, 0.6) is 0 Å². The lowest BCUT2D eigenvalue weighted by Gasteiger charge is -2.27. The highest BCUT2D eigenvalue weighted by atomic mass is 16.1. The van der Waals surface area contributed by atoms with Crippen molar-refractivity contribution in [3.63, 3.8) is 0 Å². The first-order valence-electron chi connectivity index (χ1n) is 7.16. The van der Waals surface area contributed by atoms with Crippen LogP contribution < -0.4 is 5.32 Å². The van der Waals surface area contributed by atoms with Crippen LogP contribution in [0.1, 0.15) is 19.4 Å². The van der Waals surface area contributed by atoms with Crippen molar-refractivity contribution < 1.29 is 4.79 Å². The van der Waals surface area contributed by atoms with Crippen molar-refractivity contribution in [1.82, 2.24) is 4.90 Å². The zero-order chi connectivity index (χ0) is 14.4. The molecule has 1 aromatic carbocycles. The van der Waals surface area contributed by atoms with E-state index in [1.165, 1.54) is 0 Å². The second-order valence-corrected chi connectivity index (χ2v) is 5.41. The first-order chi connectivity index (χ1) is 9.67. The molecule has 21 heavy (non-hydrogen) atoms. The van der Waals surface area contributed by atoms with Crippen LogP contribution in [0, 0.1) is 18.2 Å². The number of nitrogens with zero attached hydrogens (tertiary/aromatic N) is 2. The van der Waals surface area contributed by atoms with E-state index >= 15 is 0 Å². The topological polar surface area (TPSA) is 56.1 Å². The average Bonchev–Trinajstić information content (AvgIpc) is 2.46. The summed E-state index contributed by atoms with van der Waals surface area (Å²) in [6.45, 7) is 4.84. The molecule has 0 saturated carbocycles. The summed E-state index contributed by atoms with van der Waals surface area (Å²) in [5.74, 6) is 2.38. The first kappa shape index (κ1) is 17.3. The maximum Gasteiger partial charge on any atom is 0.270 e. The molecular weight excluding hydrogens is 261 g/mol. The predicted octanol–water partition coefficient (Wildman–Crippen LogP) is 2.83. The molecule has 5 heteroatoms. The van der Waals surface area contributed by atoms with E-state index in [4.69, 9.17) is 5.26 Å². The molecule has 0 bridgehead atoms. The van der Waals surface area contributed by atoms with Gasteiger partial charge in [0.15, 0.2) is 0 Å². The van der Waals surface area contributed by atoms with Crippen LogP contribution in [-0.4, -0.2) is 37.2 Å². The van der Waals surface area contributed by atoms with Crippen LogP contribution in [0.2, 0.25) is 12.6 Å². The molecule has 112 valence electrons. The molecule has 1 N–H and O–H groups in total. The zero-order valence-electron chi connectivity index (χ0n) is 11.9. The zero-order valence-corrected chi connectivity index (χ0v) is 11.9. The number of anilines is 1. The maximum atomic E-state index is 11.9.